The van der Waals surface area contributed by atoms with E-state index in [2.05, 4.69) is 10.2 Å². The molecule has 2 aromatic rings. The summed E-state index contributed by atoms with van der Waals surface area (Å²) in [6.07, 6.45) is 7.76. The predicted octanol–water partition coefficient (Wildman–Crippen LogP) is 2.77. The van der Waals surface area contributed by atoms with Gasteiger partial charge in [-0.05, 0) is 30.9 Å². The highest BCUT2D eigenvalue weighted by atomic mass is 16.3. The Kier molecular flexibility index (Phi) is 4.25. The van der Waals surface area contributed by atoms with Crippen molar-refractivity contribution in [2.45, 2.75) is 43.7 Å². The fourth-order valence-electron chi connectivity index (χ4n) is 4.60. The van der Waals surface area contributed by atoms with Gasteiger partial charge in [-0.1, -0.05) is 43.2 Å². The second-order valence-electron chi connectivity index (χ2n) is 7.13. The first-order valence-corrected chi connectivity index (χ1v) is 9.06. The number of likely N-dealkylation sites (tertiary alicyclic amines) is 1. The molecule has 1 amide bonds. The number of carbonyl (C=O) groups excluding carboxylic acids is 1. The molecule has 25 heavy (non-hydrogen) atoms. The van der Waals surface area contributed by atoms with Gasteiger partial charge in [0.1, 0.15) is 0 Å². The van der Waals surface area contributed by atoms with Gasteiger partial charge < -0.3 is 10.0 Å². The lowest BCUT2D eigenvalue weighted by atomic mass is 9.66. The number of hydrogen-bond acceptors (Lipinski definition) is 4. The van der Waals surface area contributed by atoms with Gasteiger partial charge in [-0.25, -0.2) is 0 Å². The van der Waals surface area contributed by atoms with Crippen LogP contribution in [0.5, 0.6) is 0 Å². The van der Waals surface area contributed by atoms with E-state index in [-0.39, 0.29) is 17.9 Å². The highest BCUT2D eigenvalue weighted by Crippen LogP contribution is 2.47. The summed E-state index contributed by atoms with van der Waals surface area (Å²) < 4.78 is 0. The van der Waals surface area contributed by atoms with Gasteiger partial charge in [-0.15, -0.1) is 0 Å². The van der Waals surface area contributed by atoms with Crippen LogP contribution in [0.25, 0.3) is 0 Å². The van der Waals surface area contributed by atoms with Crippen molar-refractivity contribution >= 4 is 5.91 Å². The summed E-state index contributed by atoms with van der Waals surface area (Å²) in [5.41, 5.74) is 0.702. The zero-order chi connectivity index (χ0) is 17.3. The molecule has 1 aromatic carbocycles. The number of nitrogens with zero attached hydrogens (tertiary/aromatic N) is 3. The SMILES string of the molecule is O=C(c1ccnnc1)N1CC[C@@](O)(c2ccccc2)[C@H]2CCCC[C@@H]21. The monoisotopic (exact) mass is 337 g/mol. The van der Waals surface area contributed by atoms with Crippen molar-refractivity contribution in [3.63, 3.8) is 0 Å². The first kappa shape index (κ1) is 16.2. The molecule has 1 N–H and O–H groups in total. The van der Waals surface area contributed by atoms with Crippen LogP contribution in [0.1, 0.15) is 48.0 Å². The van der Waals surface area contributed by atoms with E-state index in [1.807, 2.05) is 35.2 Å². The lowest BCUT2D eigenvalue weighted by molar-refractivity contribution is -0.110. The van der Waals surface area contributed by atoms with Gasteiger partial charge in [-0.2, -0.15) is 10.2 Å². The average molecular weight is 337 g/mol. The number of aliphatic hydroxyl groups is 1. The second kappa shape index (κ2) is 6.56. The summed E-state index contributed by atoms with van der Waals surface area (Å²) in [6, 6.07) is 11.7. The van der Waals surface area contributed by atoms with E-state index in [9.17, 15) is 9.90 Å². The molecule has 2 fully saturated rings. The molecule has 5 heteroatoms. The smallest absolute Gasteiger partial charge is 0.255 e. The predicted molar refractivity (Wildman–Crippen MR) is 93.8 cm³/mol. The van der Waals surface area contributed by atoms with E-state index in [1.54, 1.807) is 12.3 Å². The summed E-state index contributed by atoms with van der Waals surface area (Å²) in [5, 5.41) is 19.1. The Morgan fingerprint density at radius 2 is 1.92 bits per heavy atom. The third kappa shape index (κ3) is 2.82. The van der Waals surface area contributed by atoms with Gasteiger partial charge in [0.25, 0.3) is 5.91 Å². The van der Waals surface area contributed by atoms with Crippen molar-refractivity contribution in [3.05, 3.63) is 59.9 Å². The van der Waals surface area contributed by atoms with E-state index in [4.69, 9.17) is 0 Å². The van der Waals surface area contributed by atoms with Gasteiger partial charge in [0.15, 0.2) is 0 Å². The summed E-state index contributed by atoms with van der Waals surface area (Å²) in [4.78, 5) is 14.9. The van der Waals surface area contributed by atoms with Crippen LogP contribution in [0.4, 0.5) is 0 Å². The fraction of sp³-hybridized carbons (Fsp3) is 0.450. The highest BCUT2D eigenvalue weighted by Gasteiger charge is 2.50. The molecule has 1 aromatic heterocycles. The van der Waals surface area contributed by atoms with Gasteiger partial charge in [0.2, 0.25) is 0 Å². The summed E-state index contributed by atoms with van der Waals surface area (Å²) in [5.74, 6) is 0.0815. The molecule has 3 atom stereocenters. The van der Waals surface area contributed by atoms with E-state index in [1.165, 1.54) is 6.20 Å². The molecule has 1 saturated heterocycles. The summed E-state index contributed by atoms with van der Waals surface area (Å²) >= 11 is 0. The Labute approximate surface area is 147 Å². The van der Waals surface area contributed by atoms with Crippen LogP contribution >= 0.6 is 0 Å². The molecule has 0 bridgehead atoms. The Morgan fingerprint density at radius 3 is 2.68 bits per heavy atom. The highest BCUT2D eigenvalue weighted by molar-refractivity contribution is 5.94. The zero-order valence-electron chi connectivity index (χ0n) is 14.2. The van der Waals surface area contributed by atoms with E-state index in [0.29, 0.717) is 18.5 Å². The third-order valence-corrected chi connectivity index (χ3v) is 5.84. The average Bonchev–Trinajstić information content (AvgIpc) is 2.69. The fourth-order valence-corrected chi connectivity index (χ4v) is 4.60. The van der Waals surface area contributed by atoms with E-state index >= 15 is 0 Å². The number of benzene rings is 1. The number of amides is 1. The Balaban J connectivity index is 1.66. The van der Waals surface area contributed by atoms with Gasteiger partial charge in [0, 0.05) is 18.5 Å². The van der Waals surface area contributed by atoms with Crippen molar-refractivity contribution in [2.24, 2.45) is 5.92 Å². The van der Waals surface area contributed by atoms with Crippen molar-refractivity contribution in [3.8, 4) is 0 Å². The maximum absolute atomic E-state index is 13.0. The van der Waals surface area contributed by atoms with E-state index < -0.39 is 5.60 Å². The lowest BCUT2D eigenvalue weighted by Gasteiger charge is -2.52. The molecule has 0 radical (unpaired) electrons. The van der Waals surface area contributed by atoms with Crippen LogP contribution in [0.15, 0.2) is 48.8 Å². The standard InChI is InChI=1S/C20H23N3O2/c24-19(15-10-12-21-22-14-15)23-13-11-20(25,16-6-2-1-3-7-16)17-8-4-5-9-18(17)23/h1-3,6-7,10,12,14,17-18,25H,4-5,8-9,11,13H2/t17-,18-,20+/m0/s1. The molecule has 2 heterocycles. The molecule has 2 aliphatic rings. The topological polar surface area (TPSA) is 66.3 Å². The molecular weight excluding hydrogens is 314 g/mol. The molecule has 1 aliphatic heterocycles. The van der Waals surface area contributed by atoms with Crippen LogP contribution in [-0.2, 0) is 5.60 Å². The normalized spacial score (nSPS) is 29.1. The van der Waals surface area contributed by atoms with Gasteiger partial charge >= 0.3 is 0 Å². The zero-order valence-corrected chi connectivity index (χ0v) is 14.2. The summed E-state index contributed by atoms with van der Waals surface area (Å²) in [6.45, 7) is 0.563. The quantitative estimate of drug-likeness (QED) is 0.915. The van der Waals surface area contributed by atoms with Gasteiger partial charge in [0.05, 0.1) is 23.6 Å². The molecule has 0 spiro atoms. The minimum Gasteiger partial charge on any atom is -0.385 e. The van der Waals surface area contributed by atoms with Crippen molar-refractivity contribution in [1.82, 2.24) is 15.1 Å². The van der Waals surface area contributed by atoms with Crippen molar-refractivity contribution in [2.75, 3.05) is 6.54 Å². The van der Waals surface area contributed by atoms with Crippen LogP contribution in [-0.4, -0.2) is 38.7 Å². The minimum atomic E-state index is -0.848. The Morgan fingerprint density at radius 1 is 1.12 bits per heavy atom. The second-order valence-corrected chi connectivity index (χ2v) is 7.13. The summed E-state index contributed by atoms with van der Waals surface area (Å²) in [7, 11) is 0. The third-order valence-electron chi connectivity index (χ3n) is 5.84. The molecule has 1 saturated carbocycles. The number of carbonyl (C=O) groups is 1. The van der Waals surface area contributed by atoms with E-state index in [0.717, 1.165) is 31.2 Å². The Bertz CT molecular complexity index is 737. The van der Waals surface area contributed by atoms with Crippen LogP contribution in [0.3, 0.4) is 0 Å². The number of piperidine rings is 1. The van der Waals surface area contributed by atoms with Crippen LogP contribution in [0, 0.1) is 5.92 Å². The lowest BCUT2D eigenvalue weighted by Crippen LogP contribution is -2.59. The molecule has 0 unspecified atom stereocenters. The first-order valence-electron chi connectivity index (χ1n) is 9.06. The largest absolute Gasteiger partial charge is 0.385 e. The molecule has 4 rings (SSSR count). The molecule has 130 valence electrons. The maximum Gasteiger partial charge on any atom is 0.255 e. The van der Waals surface area contributed by atoms with Crippen molar-refractivity contribution in [1.29, 1.82) is 0 Å². The van der Waals surface area contributed by atoms with Crippen LogP contribution < -0.4 is 0 Å². The number of rotatable bonds is 2. The number of aromatic nitrogens is 2. The minimum absolute atomic E-state index is 0.00177. The molecule has 5 nitrogen and oxygen atoms in total. The van der Waals surface area contributed by atoms with Crippen LogP contribution in [0.2, 0.25) is 0 Å². The van der Waals surface area contributed by atoms with Crippen molar-refractivity contribution < 1.29 is 9.90 Å². The number of hydrogen-bond donors (Lipinski definition) is 1. The maximum atomic E-state index is 13.0. The molecular formula is C20H23N3O2. The first-order chi connectivity index (χ1) is 12.2. The van der Waals surface area contributed by atoms with Gasteiger partial charge in [-0.3, -0.25) is 4.79 Å². The number of fused-ring (bicyclic) bond motifs is 1. The molecule has 1 aliphatic carbocycles. The Hall–Kier alpha value is -2.27.